The maximum atomic E-state index is 5.28. The first-order valence-corrected chi connectivity index (χ1v) is 6.51. The van der Waals surface area contributed by atoms with Gasteiger partial charge in [0.05, 0.1) is 12.2 Å². The van der Waals surface area contributed by atoms with Gasteiger partial charge in [-0.1, -0.05) is 35.5 Å². The topological polar surface area (TPSA) is 29.3 Å². The van der Waals surface area contributed by atoms with Crippen molar-refractivity contribution in [3.05, 3.63) is 53.4 Å². The maximum absolute atomic E-state index is 5.28. The van der Waals surface area contributed by atoms with Crippen LogP contribution in [0.1, 0.15) is 29.4 Å². The van der Waals surface area contributed by atoms with Gasteiger partial charge in [0.15, 0.2) is 5.76 Å². The Morgan fingerprint density at radius 2 is 2.17 bits per heavy atom. The van der Waals surface area contributed by atoms with Crippen LogP contribution < -0.4 is 0 Å². The highest BCUT2D eigenvalue weighted by molar-refractivity contribution is 5.21. The second-order valence-corrected chi connectivity index (χ2v) is 5.07. The minimum atomic E-state index is 0.662. The summed E-state index contributed by atoms with van der Waals surface area (Å²) in [5.41, 5.74) is 2.41. The van der Waals surface area contributed by atoms with Crippen molar-refractivity contribution in [2.24, 2.45) is 0 Å². The van der Waals surface area contributed by atoms with Gasteiger partial charge in [-0.25, -0.2) is 0 Å². The molecule has 1 aromatic heterocycles. The predicted molar refractivity (Wildman–Crippen MR) is 70.3 cm³/mol. The van der Waals surface area contributed by atoms with Crippen LogP contribution in [0.15, 0.2) is 40.9 Å². The smallest absolute Gasteiger partial charge is 0.150 e. The zero-order valence-corrected chi connectivity index (χ0v) is 10.7. The van der Waals surface area contributed by atoms with E-state index in [4.69, 9.17) is 4.52 Å². The fourth-order valence-electron chi connectivity index (χ4n) is 2.68. The molecule has 2 heterocycles. The van der Waals surface area contributed by atoms with Crippen molar-refractivity contribution >= 4 is 0 Å². The van der Waals surface area contributed by atoms with E-state index in [-0.39, 0.29) is 0 Å². The molecule has 2 aromatic rings. The molecular weight excluding hydrogens is 224 g/mol. The Morgan fingerprint density at radius 3 is 2.89 bits per heavy atom. The molecule has 1 saturated heterocycles. The second-order valence-electron chi connectivity index (χ2n) is 5.07. The van der Waals surface area contributed by atoms with Crippen LogP contribution in [0.2, 0.25) is 0 Å². The highest BCUT2D eigenvalue weighted by Gasteiger charge is 2.24. The molecule has 3 nitrogen and oxygen atoms in total. The van der Waals surface area contributed by atoms with Gasteiger partial charge in [-0.2, -0.15) is 0 Å². The molecule has 0 saturated carbocycles. The van der Waals surface area contributed by atoms with E-state index in [1.807, 2.05) is 13.0 Å². The van der Waals surface area contributed by atoms with Gasteiger partial charge in [-0.05, 0) is 31.4 Å². The molecule has 3 heteroatoms. The molecule has 18 heavy (non-hydrogen) atoms. The summed E-state index contributed by atoms with van der Waals surface area (Å²) >= 11 is 0. The molecule has 1 aromatic carbocycles. The van der Waals surface area contributed by atoms with Gasteiger partial charge in [-0.3, -0.25) is 4.90 Å². The highest BCUT2D eigenvalue weighted by Crippen LogP contribution is 2.27. The number of hydrogen-bond donors (Lipinski definition) is 0. The minimum Gasteiger partial charge on any atom is -0.360 e. The molecule has 1 aliphatic rings. The van der Waals surface area contributed by atoms with E-state index in [0.717, 1.165) is 31.1 Å². The number of benzene rings is 1. The van der Waals surface area contributed by atoms with E-state index < -0.39 is 0 Å². The van der Waals surface area contributed by atoms with Gasteiger partial charge in [0, 0.05) is 12.6 Å². The van der Waals surface area contributed by atoms with Gasteiger partial charge in [0.1, 0.15) is 0 Å². The van der Waals surface area contributed by atoms with Gasteiger partial charge in [0.2, 0.25) is 0 Å². The van der Waals surface area contributed by atoms with Crippen LogP contribution in [0.5, 0.6) is 0 Å². The van der Waals surface area contributed by atoms with Gasteiger partial charge < -0.3 is 4.52 Å². The lowest BCUT2D eigenvalue weighted by Gasteiger charge is -2.14. The number of aryl methyl sites for hydroxylation is 1. The molecule has 0 aliphatic carbocycles. The predicted octanol–water partition coefficient (Wildman–Crippen LogP) is 2.97. The van der Waals surface area contributed by atoms with Crippen LogP contribution in [0.3, 0.4) is 0 Å². The van der Waals surface area contributed by atoms with Crippen LogP contribution in [0.4, 0.5) is 0 Å². The Morgan fingerprint density at radius 1 is 1.33 bits per heavy atom. The monoisotopic (exact) mass is 242 g/mol. The lowest BCUT2D eigenvalue weighted by molar-refractivity contribution is 0.271. The summed E-state index contributed by atoms with van der Waals surface area (Å²) in [5, 5.41) is 3.93. The first-order chi connectivity index (χ1) is 8.81. The first kappa shape index (κ1) is 11.5. The molecular formula is C15H18N2O. The SMILES string of the molecule is Cc1cc(CN2CC[C@@H](c3ccccc3)C2)on1. The normalized spacial score (nSPS) is 20.4. The molecule has 0 amide bonds. The van der Waals surface area contributed by atoms with Crippen molar-refractivity contribution in [1.82, 2.24) is 10.1 Å². The third-order valence-corrected chi connectivity index (χ3v) is 3.60. The van der Waals surface area contributed by atoms with Gasteiger partial charge in [-0.15, -0.1) is 0 Å². The lowest BCUT2D eigenvalue weighted by atomic mass is 9.99. The second kappa shape index (κ2) is 4.94. The van der Waals surface area contributed by atoms with E-state index in [1.54, 1.807) is 0 Å². The van der Waals surface area contributed by atoms with Gasteiger partial charge >= 0.3 is 0 Å². The number of likely N-dealkylation sites (tertiary alicyclic amines) is 1. The molecule has 0 unspecified atom stereocenters. The molecule has 0 N–H and O–H groups in total. The summed E-state index contributed by atoms with van der Waals surface area (Å²) in [5.74, 6) is 1.64. The van der Waals surface area contributed by atoms with E-state index in [1.165, 1.54) is 12.0 Å². The Balaban J connectivity index is 1.62. The fourth-order valence-corrected chi connectivity index (χ4v) is 2.68. The summed E-state index contributed by atoms with van der Waals surface area (Å²) in [4.78, 5) is 2.44. The average molecular weight is 242 g/mol. The Kier molecular flexibility index (Phi) is 3.15. The van der Waals surface area contributed by atoms with Crippen molar-refractivity contribution in [1.29, 1.82) is 0 Å². The van der Waals surface area contributed by atoms with Crippen LogP contribution in [-0.4, -0.2) is 23.1 Å². The summed E-state index contributed by atoms with van der Waals surface area (Å²) in [6.07, 6.45) is 1.23. The molecule has 0 radical (unpaired) electrons. The van der Waals surface area contributed by atoms with E-state index in [0.29, 0.717) is 5.92 Å². The van der Waals surface area contributed by atoms with Gasteiger partial charge in [0.25, 0.3) is 0 Å². The lowest BCUT2D eigenvalue weighted by Crippen LogP contribution is -2.19. The Hall–Kier alpha value is -1.61. The summed E-state index contributed by atoms with van der Waals surface area (Å²) in [6, 6.07) is 12.8. The van der Waals surface area contributed by atoms with Crippen LogP contribution in [-0.2, 0) is 6.54 Å². The molecule has 94 valence electrons. The van der Waals surface area contributed by atoms with E-state index >= 15 is 0 Å². The number of hydrogen-bond acceptors (Lipinski definition) is 3. The van der Waals surface area contributed by atoms with Crippen molar-refractivity contribution in [2.75, 3.05) is 13.1 Å². The fraction of sp³-hybridized carbons (Fsp3) is 0.400. The molecule has 1 atom stereocenters. The average Bonchev–Trinajstić information content (AvgIpc) is 3.01. The summed E-state index contributed by atoms with van der Waals surface area (Å²) in [6.45, 7) is 5.09. The number of nitrogens with zero attached hydrogens (tertiary/aromatic N) is 2. The van der Waals surface area contributed by atoms with Crippen LogP contribution in [0, 0.1) is 6.92 Å². The Bertz CT molecular complexity index is 506. The van der Waals surface area contributed by atoms with Crippen molar-refractivity contribution in [3.8, 4) is 0 Å². The summed E-state index contributed by atoms with van der Waals surface area (Å²) in [7, 11) is 0. The largest absolute Gasteiger partial charge is 0.360 e. The van der Waals surface area contributed by atoms with Crippen LogP contribution in [0.25, 0.3) is 0 Å². The maximum Gasteiger partial charge on any atom is 0.150 e. The van der Waals surface area contributed by atoms with Crippen molar-refractivity contribution < 1.29 is 4.52 Å². The Labute approximate surface area is 107 Å². The first-order valence-electron chi connectivity index (χ1n) is 6.51. The van der Waals surface area contributed by atoms with Crippen molar-refractivity contribution in [3.63, 3.8) is 0 Å². The molecule has 1 fully saturated rings. The quantitative estimate of drug-likeness (QED) is 0.828. The zero-order chi connectivity index (χ0) is 12.4. The summed E-state index contributed by atoms with van der Waals surface area (Å²) < 4.78 is 5.28. The van der Waals surface area contributed by atoms with E-state index in [9.17, 15) is 0 Å². The van der Waals surface area contributed by atoms with E-state index in [2.05, 4.69) is 40.4 Å². The molecule has 3 rings (SSSR count). The third kappa shape index (κ3) is 2.46. The number of rotatable bonds is 3. The molecule has 1 aliphatic heterocycles. The zero-order valence-electron chi connectivity index (χ0n) is 10.7. The minimum absolute atomic E-state index is 0.662. The molecule has 0 spiro atoms. The highest BCUT2D eigenvalue weighted by atomic mass is 16.5. The number of aromatic nitrogens is 1. The molecule has 0 bridgehead atoms. The van der Waals surface area contributed by atoms with Crippen molar-refractivity contribution in [2.45, 2.75) is 25.8 Å². The van der Waals surface area contributed by atoms with Crippen LogP contribution >= 0.6 is 0 Å². The third-order valence-electron chi connectivity index (χ3n) is 3.60. The standard InChI is InChI=1S/C15H18N2O/c1-12-9-15(18-16-12)11-17-8-7-14(10-17)13-5-3-2-4-6-13/h2-6,9,14H,7-8,10-11H2,1H3/t14-/m1/s1.